The smallest absolute Gasteiger partial charge is 0.752 e. The van der Waals surface area contributed by atoms with Crippen LogP contribution in [0.15, 0.2) is 65.7 Å². The Morgan fingerprint density at radius 3 is 1.41 bits per heavy atom. The molecule has 2 amide bonds. The molecule has 276 valence electrons. The van der Waals surface area contributed by atoms with E-state index in [0.29, 0.717) is 33.3 Å². The zero-order valence-corrected chi connectivity index (χ0v) is 36.6. The van der Waals surface area contributed by atoms with Crippen molar-refractivity contribution in [3.05, 3.63) is 56.5 Å². The SMILES string of the molecule is CS/C([S-])=N/N=C1/C(=O)N(CCN2CCOCC2)c2cc(Br)ccc21.CS/C([S-])=N/N=C1/C(=O)N(CCN2CCOCC2)c2cc(Br)ccc21.[Pt+2]. The maximum atomic E-state index is 12.9. The van der Waals surface area contributed by atoms with Gasteiger partial charge in [0.25, 0.3) is 11.8 Å². The van der Waals surface area contributed by atoms with Gasteiger partial charge in [-0.1, -0.05) is 31.9 Å². The molecule has 0 spiro atoms. The molecule has 0 aromatic heterocycles. The van der Waals surface area contributed by atoms with Crippen molar-refractivity contribution in [3.63, 3.8) is 0 Å². The van der Waals surface area contributed by atoms with Crippen LogP contribution in [-0.2, 0) is 65.4 Å². The Hall–Kier alpha value is -1.31. The van der Waals surface area contributed by atoms with Crippen LogP contribution in [0.4, 0.5) is 11.4 Å². The fraction of sp³-hybridized carbons (Fsp3) is 0.438. The number of halogens is 2. The Morgan fingerprint density at radius 1 is 0.686 bits per heavy atom. The molecule has 19 heteroatoms. The van der Waals surface area contributed by atoms with Gasteiger partial charge < -0.3 is 44.5 Å². The number of anilines is 2. The summed E-state index contributed by atoms with van der Waals surface area (Å²) >= 11 is 19.7. The first kappa shape index (κ1) is 42.4. The molecule has 2 fully saturated rings. The van der Waals surface area contributed by atoms with Crippen LogP contribution in [0.5, 0.6) is 0 Å². The number of fused-ring (bicyclic) bond motifs is 2. The predicted molar refractivity (Wildman–Crippen MR) is 217 cm³/mol. The summed E-state index contributed by atoms with van der Waals surface area (Å²) in [6.45, 7) is 9.36. The van der Waals surface area contributed by atoms with Crippen LogP contribution >= 0.6 is 55.4 Å². The Kier molecular flexibility index (Phi) is 17.4. The minimum Gasteiger partial charge on any atom is -0.752 e. The van der Waals surface area contributed by atoms with Crippen LogP contribution in [0, 0.1) is 0 Å². The van der Waals surface area contributed by atoms with E-state index in [1.165, 1.54) is 23.5 Å². The maximum Gasteiger partial charge on any atom is 2.00 e. The monoisotopic (exact) mass is 1080 g/mol. The van der Waals surface area contributed by atoms with E-state index in [2.05, 4.69) is 62.1 Å². The normalized spacial score (nSPS) is 20.0. The largest absolute Gasteiger partial charge is 2.00 e. The van der Waals surface area contributed by atoms with E-state index in [1.807, 2.05) is 48.9 Å². The van der Waals surface area contributed by atoms with Crippen molar-refractivity contribution in [2.75, 3.05) is 101 Å². The van der Waals surface area contributed by atoms with Crippen LogP contribution in [-0.4, -0.2) is 133 Å². The second kappa shape index (κ2) is 21.0. The van der Waals surface area contributed by atoms with E-state index in [4.69, 9.17) is 34.7 Å². The van der Waals surface area contributed by atoms with Crippen LogP contribution in [0.1, 0.15) is 11.1 Å². The number of nitrogens with zero attached hydrogens (tertiary/aromatic N) is 8. The van der Waals surface area contributed by atoms with Crippen molar-refractivity contribution >= 4 is 124 Å². The summed E-state index contributed by atoms with van der Waals surface area (Å²) in [5.41, 5.74) is 4.00. The number of thioether (sulfide) groups is 2. The molecule has 2 aromatic rings. The number of hydrogen-bond donors (Lipinski definition) is 0. The molecule has 4 heterocycles. The first-order chi connectivity index (χ1) is 24.2. The van der Waals surface area contributed by atoms with Crippen LogP contribution in [0.3, 0.4) is 0 Å². The van der Waals surface area contributed by atoms with E-state index in [1.54, 1.807) is 9.80 Å². The van der Waals surface area contributed by atoms with Crippen molar-refractivity contribution < 1.29 is 40.1 Å². The molecule has 0 aliphatic carbocycles. The summed E-state index contributed by atoms with van der Waals surface area (Å²) in [6, 6.07) is 11.5. The topological polar surface area (TPSA) is 115 Å². The van der Waals surface area contributed by atoms with Gasteiger partial charge in [-0.25, -0.2) is 0 Å². The van der Waals surface area contributed by atoms with Gasteiger partial charge in [-0.15, -0.1) is 33.7 Å². The number of hydrogen-bond acceptors (Lipinski definition) is 14. The van der Waals surface area contributed by atoms with Crippen molar-refractivity contribution in [2.45, 2.75) is 0 Å². The van der Waals surface area contributed by atoms with Crippen molar-refractivity contribution in [2.24, 2.45) is 20.4 Å². The number of morpholine rings is 2. The Balaban J connectivity index is 0.000000224. The third-order valence-corrected chi connectivity index (χ3v) is 11.2. The predicted octanol–water partition coefficient (Wildman–Crippen LogP) is 4.19. The van der Waals surface area contributed by atoms with Gasteiger partial charge >= 0.3 is 21.1 Å². The number of carbonyl (C=O) groups is 2. The molecule has 0 unspecified atom stereocenters. The van der Waals surface area contributed by atoms with Crippen molar-refractivity contribution in [3.8, 4) is 0 Å². The van der Waals surface area contributed by atoms with Crippen LogP contribution < -0.4 is 9.80 Å². The minimum atomic E-state index is -0.131. The van der Waals surface area contributed by atoms with E-state index in [0.717, 1.165) is 97.1 Å². The third-order valence-electron chi connectivity index (χ3n) is 8.21. The first-order valence-electron chi connectivity index (χ1n) is 15.8. The molecular weight excluding hydrogens is 1040 g/mol. The molecule has 6 rings (SSSR count). The molecule has 51 heavy (non-hydrogen) atoms. The molecule has 12 nitrogen and oxygen atoms in total. The number of carbonyl (C=O) groups excluding carboxylic acids is 2. The zero-order valence-electron chi connectivity index (χ0n) is 27.9. The molecule has 0 atom stereocenters. The van der Waals surface area contributed by atoms with E-state index >= 15 is 0 Å². The average molecular weight is 1080 g/mol. The molecule has 2 aromatic carbocycles. The zero-order chi connectivity index (χ0) is 35.6. The summed E-state index contributed by atoms with van der Waals surface area (Å²) < 4.78 is 13.4. The van der Waals surface area contributed by atoms with Gasteiger partial charge in [0.1, 0.15) is 0 Å². The fourth-order valence-electron chi connectivity index (χ4n) is 5.59. The maximum absolute atomic E-state index is 12.9. The molecule has 0 N–H and O–H groups in total. The van der Waals surface area contributed by atoms with Crippen LogP contribution in [0.25, 0.3) is 0 Å². The number of ether oxygens (including phenoxy) is 2. The standard InChI is InChI=1S/2C16H19BrN4O2S2.Pt/c2*1-25-16(24)19-18-14-12-3-2-11(17)10-13(12)21(15(14)22)5-4-20-6-8-23-9-7-20;/h2*2-3,10H,4-9H2,1H3,(H,19,24);/q;;+2/p-2/b2*18-14+;. The second-order valence-corrected chi connectivity index (χ2v) is 15.9. The third kappa shape index (κ3) is 11.4. The second-order valence-electron chi connectivity index (χ2n) is 11.2. The van der Waals surface area contributed by atoms with Crippen molar-refractivity contribution in [1.29, 1.82) is 0 Å². The number of benzene rings is 2. The summed E-state index contributed by atoms with van der Waals surface area (Å²) in [5, 5.41) is 16.2. The Bertz CT molecular complexity index is 1570. The Morgan fingerprint density at radius 2 is 1.06 bits per heavy atom. The summed E-state index contributed by atoms with van der Waals surface area (Å²) in [4.78, 5) is 33.9. The van der Waals surface area contributed by atoms with Gasteiger partial charge in [-0.3, -0.25) is 19.4 Å². The molecule has 0 bridgehead atoms. The Labute approximate surface area is 349 Å². The van der Waals surface area contributed by atoms with Gasteiger partial charge in [0.15, 0.2) is 11.4 Å². The van der Waals surface area contributed by atoms with Gasteiger partial charge in [0.2, 0.25) is 0 Å². The molecule has 0 saturated carbocycles. The summed E-state index contributed by atoms with van der Waals surface area (Å²) in [5.74, 6) is -0.261. The first-order valence-corrected chi connectivity index (χ1v) is 20.6. The summed E-state index contributed by atoms with van der Waals surface area (Å²) in [7, 11) is 0. The fourth-order valence-corrected chi connectivity index (χ4v) is 6.62. The van der Waals surface area contributed by atoms with Crippen LogP contribution in [0.2, 0.25) is 0 Å². The van der Waals surface area contributed by atoms with E-state index in [-0.39, 0.29) is 32.9 Å². The van der Waals surface area contributed by atoms with Crippen molar-refractivity contribution in [1.82, 2.24) is 9.80 Å². The van der Waals surface area contributed by atoms with Gasteiger partial charge in [0, 0.05) is 72.4 Å². The summed E-state index contributed by atoms with van der Waals surface area (Å²) in [6.07, 6.45) is 3.67. The van der Waals surface area contributed by atoms with Gasteiger partial charge in [0.05, 0.1) is 37.8 Å². The molecule has 4 aliphatic rings. The van der Waals surface area contributed by atoms with E-state index in [9.17, 15) is 9.59 Å². The van der Waals surface area contributed by atoms with E-state index < -0.39 is 0 Å². The van der Waals surface area contributed by atoms with Gasteiger partial charge in [-0.05, 0) is 57.7 Å². The molecule has 2 saturated heterocycles. The van der Waals surface area contributed by atoms with Gasteiger partial charge in [-0.2, -0.15) is 10.2 Å². The molecule has 0 radical (unpaired) electrons. The quantitative estimate of drug-likeness (QED) is 0.165. The number of rotatable bonds is 8. The average Bonchev–Trinajstić information content (AvgIpc) is 3.55. The molecular formula is C32H36Br2N8O4PtS4. The number of amides is 2. The minimum absolute atomic E-state index is 0. The molecule has 4 aliphatic heterocycles.